The van der Waals surface area contributed by atoms with Crippen LogP contribution in [-0.2, 0) is 9.53 Å². The molecule has 2 aliphatic carbocycles. The van der Waals surface area contributed by atoms with E-state index in [0.717, 1.165) is 12.8 Å². The van der Waals surface area contributed by atoms with E-state index in [2.05, 4.69) is 13.8 Å². The zero-order valence-electron chi connectivity index (χ0n) is 9.16. The Morgan fingerprint density at radius 2 is 1.79 bits per heavy atom. The van der Waals surface area contributed by atoms with Gasteiger partial charge in [-0.05, 0) is 37.5 Å². The van der Waals surface area contributed by atoms with Crippen LogP contribution >= 0.6 is 0 Å². The van der Waals surface area contributed by atoms with Gasteiger partial charge in [-0.1, -0.05) is 20.3 Å². The monoisotopic (exact) mass is 196 g/mol. The second-order valence-corrected chi connectivity index (χ2v) is 5.06. The topological polar surface area (TPSA) is 26.3 Å². The van der Waals surface area contributed by atoms with Crippen LogP contribution in [0.25, 0.3) is 0 Å². The van der Waals surface area contributed by atoms with Crippen molar-refractivity contribution in [3.05, 3.63) is 0 Å². The molecule has 4 atom stereocenters. The molecule has 0 heterocycles. The molecule has 0 bridgehead atoms. The van der Waals surface area contributed by atoms with E-state index in [-0.39, 0.29) is 18.0 Å². The predicted molar refractivity (Wildman–Crippen MR) is 54.8 cm³/mol. The first-order valence-corrected chi connectivity index (χ1v) is 5.89. The summed E-state index contributed by atoms with van der Waals surface area (Å²) in [6.45, 7) is 4.32. The Bertz CT molecular complexity index is 224. The van der Waals surface area contributed by atoms with Crippen LogP contribution in [0.15, 0.2) is 0 Å². The Balaban J connectivity index is 1.80. The van der Waals surface area contributed by atoms with E-state index in [9.17, 15) is 4.79 Å². The van der Waals surface area contributed by atoms with Crippen molar-refractivity contribution in [2.45, 2.75) is 52.1 Å². The third-order valence-electron chi connectivity index (χ3n) is 3.71. The van der Waals surface area contributed by atoms with Gasteiger partial charge in [-0.25, -0.2) is 0 Å². The highest BCUT2D eigenvalue weighted by atomic mass is 16.5. The van der Waals surface area contributed by atoms with Gasteiger partial charge >= 0.3 is 5.97 Å². The van der Waals surface area contributed by atoms with E-state index in [1.807, 2.05) is 0 Å². The molecule has 2 fully saturated rings. The Hall–Kier alpha value is -0.530. The summed E-state index contributed by atoms with van der Waals surface area (Å²) in [5.74, 6) is 1.43. The van der Waals surface area contributed by atoms with Gasteiger partial charge in [0.2, 0.25) is 0 Å². The SMILES string of the molecule is CC1CCCCC1OC(=O)C1CC1C. The third-order valence-corrected chi connectivity index (χ3v) is 3.71. The smallest absolute Gasteiger partial charge is 0.309 e. The van der Waals surface area contributed by atoms with E-state index in [4.69, 9.17) is 4.74 Å². The first-order chi connectivity index (χ1) is 6.68. The minimum Gasteiger partial charge on any atom is -0.462 e. The van der Waals surface area contributed by atoms with Gasteiger partial charge in [0.1, 0.15) is 6.10 Å². The maximum Gasteiger partial charge on any atom is 0.309 e. The molecule has 0 aromatic rings. The number of carbonyl (C=O) groups excluding carboxylic acids is 1. The molecular formula is C12H20O2. The lowest BCUT2D eigenvalue weighted by Crippen LogP contribution is -2.29. The maximum atomic E-state index is 11.6. The molecule has 2 rings (SSSR count). The fourth-order valence-electron chi connectivity index (χ4n) is 2.34. The number of ether oxygens (including phenoxy) is 1. The Morgan fingerprint density at radius 1 is 1.14 bits per heavy atom. The summed E-state index contributed by atoms with van der Waals surface area (Å²) in [5, 5.41) is 0. The van der Waals surface area contributed by atoms with Gasteiger partial charge in [0, 0.05) is 0 Å². The summed E-state index contributed by atoms with van der Waals surface area (Å²) in [7, 11) is 0. The molecule has 80 valence electrons. The molecule has 0 aromatic carbocycles. The van der Waals surface area contributed by atoms with Crippen LogP contribution in [0.3, 0.4) is 0 Å². The summed E-state index contributed by atoms with van der Waals surface area (Å²) >= 11 is 0. The Labute approximate surface area is 86.0 Å². The first-order valence-electron chi connectivity index (χ1n) is 5.89. The molecule has 2 heteroatoms. The molecule has 0 aromatic heterocycles. The van der Waals surface area contributed by atoms with Crippen LogP contribution in [-0.4, -0.2) is 12.1 Å². The van der Waals surface area contributed by atoms with Crippen LogP contribution < -0.4 is 0 Å². The van der Waals surface area contributed by atoms with Crippen molar-refractivity contribution in [1.82, 2.24) is 0 Å². The van der Waals surface area contributed by atoms with Gasteiger partial charge in [0.05, 0.1) is 5.92 Å². The van der Waals surface area contributed by atoms with E-state index in [1.54, 1.807) is 0 Å². The van der Waals surface area contributed by atoms with Crippen LogP contribution in [0.1, 0.15) is 46.0 Å². The van der Waals surface area contributed by atoms with Crippen molar-refractivity contribution in [2.75, 3.05) is 0 Å². The van der Waals surface area contributed by atoms with Crippen molar-refractivity contribution < 1.29 is 9.53 Å². The molecule has 0 N–H and O–H groups in total. The van der Waals surface area contributed by atoms with Gasteiger partial charge in [-0.2, -0.15) is 0 Å². The van der Waals surface area contributed by atoms with E-state index in [1.165, 1.54) is 19.3 Å². The molecule has 0 saturated heterocycles. The second-order valence-electron chi connectivity index (χ2n) is 5.06. The molecule has 0 radical (unpaired) electrons. The van der Waals surface area contributed by atoms with Crippen LogP contribution in [0.5, 0.6) is 0 Å². The van der Waals surface area contributed by atoms with Crippen molar-refractivity contribution in [3.63, 3.8) is 0 Å². The van der Waals surface area contributed by atoms with Crippen molar-refractivity contribution in [2.24, 2.45) is 17.8 Å². The summed E-state index contributed by atoms with van der Waals surface area (Å²) in [5.41, 5.74) is 0. The molecule has 2 aliphatic rings. The maximum absolute atomic E-state index is 11.6. The molecule has 14 heavy (non-hydrogen) atoms. The largest absolute Gasteiger partial charge is 0.462 e. The van der Waals surface area contributed by atoms with E-state index in [0.29, 0.717) is 11.8 Å². The van der Waals surface area contributed by atoms with Gasteiger partial charge < -0.3 is 4.74 Å². The lowest BCUT2D eigenvalue weighted by molar-refractivity contribution is -0.155. The zero-order chi connectivity index (χ0) is 10.1. The fourth-order valence-corrected chi connectivity index (χ4v) is 2.34. The fraction of sp³-hybridized carbons (Fsp3) is 0.917. The summed E-state index contributed by atoms with van der Waals surface area (Å²) in [6, 6.07) is 0. The predicted octanol–water partition coefficient (Wildman–Crippen LogP) is 2.76. The van der Waals surface area contributed by atoms with Crippen LogP contribution in [0.4, 0.5) is 0 Å². The quantitative estimate of drug-likeness (QED) is 0.635. The van der Waals surface area contributed by atoms with Gasteiger partial charge in [-0.3, -0.25) is 4.79 Å². The summed E-state index contributed by atoms with van der Waals surface area (Å²) in [4.78, 5) is 11.6. The molecule has 0 amide bonds. The Kier molecular flexibility index (Phi) is 2.80. The minimum absolute atomic E-state index is 0.0660. The molecule has 4 unspecified atom stereocenters. The number of rotatable bonds is 2. The van der Waals surface area contributed by atoms with E-state index < -0.39 is 0 Å². The van der Waals surface area contributed by atoms with Crippen molar-refractivity contribution in [1.29, 1.82) is 0 Å². The molecule has 0 spiro atoms. The van der Waals surface area contributed by atoms with Gasteiger partial charge in [-0.15, -0.1) is 0 Å². The van der Waals surface area contributed by atoms with E-state index >= 15 is 0 Å². The number of esters is 1. The average molecular weight is 196 g/mol. The van der Waals surface area contributed by atoms with Crippen LogP contribution in [0, 0.1) is 17.8 Å². The van der Waals surface area contributed by atoms with Crippen molar-refractivity contribution >= 4 is 5.97 Å². The molecular weight excluding hydrogens is 176 g/mol. The van der Waals surface area contributed by atoms with Gasteiger partial charge in [0.25, 0.3) is 0 Å². The standard InChI is InChI=1S/C12H20O2/c1-8-5-3-4-6-11(8)14-12(13)10-7-9(10)2/h8-11H,3-7H2,1-2H3. The normalized spacial score (nSPS) is 41.9. The lowest BCUT2D eigenvalue weighted by Gasteiger charge is -2.28. The number of hydrogen-bond donors (Lipinski definition) is 0. The first kappa shape index (κ1) is 10.0. The van der Waals surface area contributed by atoms with Gasteiger partial charge in [0.15, 0.2) is 0 Å². The molecule has 2 saturated carbocycles. The lowest BCUT2D eigenvalue weighted by atomic mass is 9.88. The van der Waals surface area contributed by atoms with Crippen molar-refractivity contribution in [3.8, 4) is 0 Å². The summed E-state index contributed by atoms with van der Waals surface area (Å²) in [6.07, 6.45) is 6.08. The summed E-state index contributed by atoms with van der Waals surface area (Å²) < 4.78 is 5.56. The highest BCUT2D eigenvalue weighted by molar-refractivity contribution is 5.75. The number of carbonyl (C=O) groups is 1. The third kappa shape index (κ3) is 2.10. The molecule has 0 aliphatic heterocycles. The minimum atomic E-state index is 0.0660. The highest BCUT2D eigenvalue weighted by Crippen LogP contribution is 2.39. The Morgan fingerprint density at radius 3 is 2.36 bits per heavy atom. The number of hydrogen-bond acceptors (Lipinski definition) is 2. The second kappa shape index (κ2) is 3.92. The highest BCUT2D eigenvalue weighted by Gasteiger charge is 2.41. The molecule has 2 nitrogen and oxygen atoms in total. The zero-order valence-corrected chi connectivity index (χ0v) is 9.16. The average Bonchev–Trinajstić information content (AvgIpc) is 2.87. The van der Waals surface area contributed by atoms with Crippen LogP contribution in [0.2, 0.25) is 0 Å².